The summed E-state index contributed by atoms with van der Waals surface area (Å²) in [4.78, 5) is 11.8. The molecule has 1 heterocycles. The molecule has 2 nitrogen and oxygen atoms in total. The number of alkyl halides is 1. The molecule has 2 rings (SSSR count). The van der Waals surface area contributed by atoms with E-state index in [1.54, 1.807) is 0 Å². The molecule has 1 aromatic rings. The average Bonchev–Trinajstić information content (AvgIpc) is 2.37. The minimum Gasteiger partial charge on any atom is -0.325 e. The van der Waals surface area contributed by atoms with E-state index >= 15 is 0 Å². The van der Waals surface area contributed by atoms with E-state index in [0.29, 0.717) is 11.8 Å². The highest BCUT2D eigenvalue weighted by Gasteiger charge is 2.29. The van der Waals surface area contributed by atoms with E-state index in [1.165, 1.54) is 11.1 Å². The number of amides is 1. The summed E-state index contributed by atoms with van der Waals surface area (Å²) in [5, 5.41) is 3.01. The zero-order valence-corrected chi connectivity index (χ0v) is 12.0. The lowest BCUT2D eigenvalue weighted by Gasteiger charge is -2.21. The number of carbonyl (C=O) groups excluding carboxylic acids is 1. The maximum Gasteiger partial charge on any atom is 0.238 e. The van der Waals surface area contributed by atoms with Crippen molar-refractivity contribution in [2.24, 2.45) is 5.92 Å². The van der Waals surface area contributed by atoms with Crippen LogP contribution in [0.3, 0.4) is 0 Å². The van der Waals surface area contributed by atoms with Crippen LogP contribution in [0.25, 0.3) is 0 Å². The highest BCUT2D eigenvalue weighted by molar-refractivity contribution is 9.10. The third kappa shape index (κ3) is 2.54. The molecule has 0 fully saturated rings. The van der Waals surface area contributed by atoms with Gasteiger partial charge in [0.15, 0.2) is 0 Å². The lowest BCUT2D eigenvalue weighted by molar-refractivity contribution is -0.115. The zero-order chi connectivity index (χ0) is 12.6. The fourth-order valence-corrected chi connectivity index (χ4v) is 2.92. The molecule has 17 heavy (non-hydrogen) atoms. The normalized spacial score (nSPS) is 24.2. The van der Waals surface area contributed by atoms with Crippen LogP contribution in [0.4, 0.5) is 5.69 Å². The van der Waals surface area contributed by atoms with Gasteiger partial charge < -0.3 is 5.32 Å². The molecule has 0 aliphatic carbocycles. The SMILES string of the molecule is Cc1ccc2c(c1)NC(=O)[C@H](Br)C[C@@H]2C(C)C. The molecule has 0 saturated carbocycles. The smallest absolute Gasteiger partial charge is 0.238 e. The summed E-state index contributed by atoms with van der Waals surface area (Å²) in [6, 6.07) is 6.34. The van der Waals surface area contributed by atoms with E-state index in [0.717, 1.165) is 12.1 Å². The Morgan fingerprint density at radius 2 is 2.12 bits per heavy atom. The molecular formula is C14H18BrNO. The van der Waals surface area contributed by atoms with Gasteiger partial charge in [-0.15, -0.1) is 0 Å². The molecule has 0 spiro atoms. The summed E-state index contributed by atoms with van der Waals surface area (Å²) in [5.41, 5.74) is 3.43. The number of carbonyl (C=O) groups is 1. The van der Waals surface area contributed by atoms with Crippen LogP contribution >= 0.6 is 15.9 Å². The minimum absolute atomic E-state index is 0.0694. The predicted molar refractivity (Wildman–Crippen MR) is 74.7 cm³/mol. The summed E-state index contributed by atoms with van der Waals surface area (Å²) >= 11 is 3.48. The van der Waals surface area contributed by atoms with E-state index in [4.69, 9.17) is 0 Å². The van der Waals surface area contributed by atoms with Gasteiger partial charge in [-0.3, -0.25) is 4.79 Å². The van der Waals surface area contributed by atoms with Crippen LogP contribution in [0, 0.1) is 12.8 Å². The lowest BCUT2D eigenvalue weighted by Crippen LogP contribution is -2.21. The topological polar surface area (TPSA) is 29.1 Å². The second kappa shape index (κ2) is 4.81. The van der Waals surface area contributed by atoms with Crippen molar-refractivity contribution in [1.82, 2.24) is 0 Å². The monoisotopic (exact) mass is 295 g/mol. The molecule has 3 heteroatoms. The van der Waals surface area contributed by atoms with E-state index in [-0.39, 0.29) is 10.7 Å². The fraction of sp³-hybridized carbons (Fsp3) is 0.500. The Hall–Kier alpha value is -0.830. The van der Waals surface area contributed by atoms with E-state index in [9.17, 15) is 4.79 Å². The van der Waals surface area contributed by atoms with Crippen molar-refractivity contribution in [2.75, 3.05) is 5.32 Å². The van der Waals surface area contributed by atoms with Gasteiger partial charge >= 0.3 is 0 Å². The first-order valence-corrected chi connectivity index (χ1v) is 6.96. The van der Waals surface area contributed by atoms with Crippen molar-refractivity contribution in [3.8, 4) is 0 Å². The van der Waals surface area contributed by atoms with Crippen molar-refractivity contribution in [3.05, 3.63) is 29.3 Å². The Balaban J connectivity index is 2.49. The van der Waals surface area contributed by atoms with Crippen molar-refractivity contribution in [1.29, 1.82) is 0 Å². The van der Waals surface area contributed by atoms with Gasteiger partial charge in [0.1, 0.15) is 0 Å². The first kappa shape index (κ1) is 12.6. The molecule has 0 unspecified atom stereocenters. The lowest BCUT2D eigenvalue weighted by atomic mass is 9.84. The first-order chi connectivity index (χ1) is 7.99. The zero-order valence-electron chi connectivity index (χ0n) is 10.5. The van der Waals surface area contributed by atoms with Crippen molar-refractivity contribution in [2.45, 2.75) is 37.9 Å². The minimum atomic E-state index is -0.0948. The highest BCUT2D eigenvalue weighted by Crippen LogP contribution is 2.38. The predicted octanol–water partition coefficient (Wildman–Crippen LogP) is 3.84. The molecule has 0 radical (unpaired) electrons. The van der Waals surface area contributed by atoms with Crippen LogP contribution in [0.5, 0.6) is 0 Å². The summed E-state index contributed by atoms with van der Waals surface area (Å²) in [6.45, 7) is 6.47. The van der Waals surface area contributed by atoms with Crippen molar-refractivity contribution >= 4 is 27.5 Å². The number of hydrogen-bond acceptors (Lipinski definition) is 1. The molecule has 1 aliphatic rings. The fourth-order valence-electron chi connectivity index (χ4n) is 2.40. The van der Waals surface area contributed by atoms with Crippen LogP contribution in [0.1, 0.15) is 37.3 Å². The Bertz CT molecular complexity index is 442. The highest BCUT2D eigenvalue weighted by atomic mass is 79.9. The Kier molecular flexibility index (Phi) is 3.57. The number of anilines is 1. The number of halogens is 1. The third-order valence-electron chi connectivity index (χ3n) is 3.42. The van der Waals surface area contributed by atoms with Crippen LogP contribution < -0.4 is 5.32 Å². The second-order valence-corrected chi connectivity index (χ2v) is 6.24. The summed E-state index contributed by atoms with van der Waals surface area (Å²) < 4.78 is 0. The maximum absolute atomic E-state index is 11.9. The molecular weight excluding hydrogens is 278 g/mol. The van der Waals surface area contributed by atoms with E-state index in [2.05, 4.69) is 53.3 Å². The second-order valence-electron chi connectivity index (χ2n) is 5.13. The summed E-state index contributed by atoms with van der Waals surface area (Å²) in [5.74, 6) is 1.03. The van der Waals surface area contributed by atoms with Gasteiger partial charge in [0, 0.05) is 5.69 Å². The molecule has 1 aromatic carbocycles. The number of aryl methyl sites for hydroxylation is 1. The molecule has 1 N–H and O–H groups in total. The van der Waals surface area contributed by atoms with Crippen LogP contribution in [-0.2, 0) is 4.79 Å². The van der Waals surface area contributed by atoms with Gasteiger partial charge in [-0.1, -0.05) is 41.9 Å². The van der Waals surface area contributed by atoms with Gasteiger partial charge in [0.25, 0.3) is 0 Å². The number of rotatable bonds is 1. The van der Waals surface area contributed by atoms with Gasteiger partial charge in [0.2, 0.25) is 5.91 Å². The summed E-state index contributed by atoms with van der Waals surface area (Å²) in [6.07, 6.45) is 0.861. The van der Waals surface area contributed by atoms with Gasteiger partial charge in [-0.2, -0.15) is 0 Å². The number of hydrogen-bond donors (Lipinski definition) is 1. The quantitative estimate of drug-likeness (QED) is 0.784. The van der Waals surface area contributed by atoms with Gasteiger partial charge in [-0.05, 0) is 42.4 Å². The number of fused-ring (bicyclic) bond motifs is 1. The molecule has 0 bridgehead atoms. The van der Waals surface area contributed by atoms with Crippen molar-refractivity contribution in [3.63, 3.8) is 0 Å². The molecule has 92 valence electrons. The average molecular weight is 296 g/mol. The largest absolute Gasteiger partial charge is 0.325 e. The van der Waals surface area contributed by atoms with Gasteiger partial charge in [-0.25, -0.2) is 0 Å². The maximum atomic E-state index is 11.9. The standard InChI is InChI=1S/C14H18BrNO/c1-8(2)11-7-12(15)14(17)16-13-6-9(3)4-5-10(11)13/h4-6,8,11-12H,7H2,1-3H3,(H,16,17)/t11-,12-/m1/s1. The van der Waals surface area contributed by atoms with Crippen LogP contribution in [0.15, 0.2) is 18.2 Å². The molecule has 0 aromatic heterocycles. The van der Waals surface area contributed by atoms with Crippen molar-refractivity contribution < 1.29 is 4.79 Å². The Morgan fingerprint density at radius 3 is 2.76 bits per heavy atom. The third-order valence-corrected chi connectivity index (χ3v) is 4.21. The Labute approximate surface area is 111 Å². The Morgan fingerprint density at radius 1 is 1.41 bits per heavy atom. The summed E-state index contributed by atoms with van der Waals surface area (Å²) in [7, 11) is 0. The molecule has 1 aliphatic heterocycles. The molecule has 0 saturated heterocycles. The van der Waals surface area contributed by atoms with Crippen LogP contribution in [-0.4, -0.2) is 10.7 Å². The van der Waals surface area contributed by atoms with Gasteiger partial charge in [0.05, 0.1) is 4.83 Å². The first-order valence-electron chi connectivity index (χ1n) is 6.04. The number of nitrogens with one attached hydrogen (secondary N) is 1. The van der Waals surface area contributed by atoms with E-state index < -0.39 is 0 Å². The van der Waals surface area contributed by atoms with Crippen LogP contribution in [0.2, 0.25) is 0 Å². The molecule has 2 atom stereocenters. The van der Waals surface area contributed by atoms with E-state index in [1.807, 2.05) is 6.92 Å². The molecule has 1 amide bonds. The number of benzene rings is 1.